The molecule has 0 radical (unpaired) electrons. The minimum Gasteiger partial charge on any atom is -0.369 e. The van der Waals surface area contributed by atoms with Gasteiger partial charge in [0.15, 0.2) is 0 Å². The van der Waals surface area contributed by atoms with E-state index in [1.165, 1.54) is 0 Å². The zero-order valence-electron chi connectivity index (χ0n) is 11.1. The molecule has 1 fully saturated rings. The Balaban J connectivity index is 2.27. The quantitative estimate of drug-likeness (QED) is 0.924. The highest BCUT2D eigenvalue weighted by atomic mass is 35.5. The van der Waals surface area contributed by atoms with Gasteiger partial charge in [-0.15, -0.1) is 0 Å². The Labute approximate surface area is 121 Å². The molecule has 1 saturated heterocycles. The monoisotopic (exact) mass is 306 g/mol. The van der Waals surface area contributed by atoms with E-state index in [1.54, 1.807) is 11.0 Å². The highest BCUT2D eigenvalue weighted by Gasteiger charge is 2.42. The van der Waals surface area contributed by atoms with Crippen LogP contribution < -0.4 is 10.6 Å². The van der Waals surface area contributed by atoms with E-state index < -0.39 is 12.1 Å². The van der Waals surface area contributed by atoms with Crippen molar-refractivity contribution in [2.75, 3.05) is 24.5 Å². The molecule has 2 nitrogen and oxygen atoms in total. The van der Waals surface area contributed by atoms with Crippen LogP contribution in [0.3, 0.4) is 0 Å². The Bertz CT molecular complexity index is 462. The SMILES string of the molecule is NCCc1cccc(Cl)c1N1CCCC(C(F)(F)F)C1. The van der Waals surface area contributed by atoms with Crippen molar-refractivity contribution >= 4 is 17.3 Å². The van der Waals surface area contributed by atoms with Crippen molar-refractivity contribution < 1.29 is 13.2 Å². The van der Waals surface area contributed by atoms with Gasteiger partial charge in [0, 0.05) is 13.1 Å². The van der Waals surface area contributed by atoms with Crippen LogP contribution in [0.4, 0.5) is 18.9 Å². The lowest BCUT2D eigenvalue weighted by Crippen LogP contribution is -2.42. The fourth-order valence-corrected chi connectivity index (χ4v) is 3.03. The summed E-state index contributed by atoms with van der Waals surface area (Å²) in [5.74, 6) is -1.28. The summed E-state index contributed by atoms with van der Waals surface area (Å²) in [5.41, 5.74) is 7.20. The van der Waals surface area contributed by atoms with Crippen LogP contribution in [0.5, 0.6) is 0 Å². The van der Waals surface area contributed by atoms with Crippen LogP contribution in [-0.4, -0.2) is 25.8 Å². The summed E-state index contributed by atoms with van der Waals surface area (Å²) in [5, 5.41) is 0.499. The van der Waals surface area contributed by atoms with E-state index >= 15 is 0 Å². The van der Waals surface area contributed by atoms with Gasteiger partial charge in [-0.2, -0.15) is 13.2 Å². The van der Waals surface area contributed by atoms with Gasteiger partial charge in [0.25, 0.3) is 0 Å². The minimum atomic E-state index is -4.14. The molecule has 1 aliphatic heterocycles. The third kappa shape index (κ3) is 3.38. The highest BCUT2D eigenvalue weighted by molar-refractivity contribution is 6.33. The molecular weight excluding hydrogens is 289 g/mol. The number of rotatable bonds is 3. The maximum Gasteiger partial charge on any atom is 0.393 e. The standard InChI is InChI=1S/C14H18ClF3N2/c15-12-5-1-3-10(6-7-19)13(12)20-8-2-4-11(9-20)14(16,17)18/h1,3,5,11H,2,4,6-9,19H2. The fourth-order valence-electron chi connectivity index (χ4n) is 2.72. The summed E-state index contributed by atoms with van der Waals surface area (Å²) < 4.78 is 38.7. The Morgan fingerprint density at radius 1 is 1.35 bits per heavy atom. The van der Waals surface area contributed by atoms with Gasteiger partial charge in [-0.3, -0.25) is 0 Å². The molecule has 20 heavy (non-hydrogen) atoms. The summed E-state index contributed by atoms with van der Waals surface area (Å²) in [6.45, 7) is 1.03. The lowest BCUT2D eigenvalue weighted by molar-refractivity contribution is -0.176. The van der Waals surface area contributed by atoms with Crippen LogP contribution in [0.15, 0.2) is 18.2 Å². The van der Waals surface area contributed by atoms with Gasteiger partial charge in [0.2, 0.25) is 0 Å². The number of nitrogens with two attached hydrogens (primary N) is 1. The maximum atomic E-state index is 12.9. The summed E-state index contributed by atoms with van der Waals surface area (Å²) in [4.78, 5) is 1.76. The van der Waals surface area contributed by atoms with E-state index in [1.807, 2.05) is 12.1 Å². The Morgan fingerprint density at radius 3 is 2.75 bits per heavy atom. The van der Waals surface area contributed by atoms with Crippen molar-refractivity contribution in [3.05, 3.63) is 28.8 Å². The summed E-state index contributed by atoms with van der Waals surface area (Å²) >= 11 is 6.20. The topological polar surface area (TPSA) is 29.3 Å². The van der Waals surface area contributed by atoms with Crippen molar-refractivity contribution in [1.82, 2.24) is 0 Å². The van der Waals surface area contributed by atoms with Gasteiger partial charge in [0.1, 0.15) is 0 Å². The number of halogens is 4. The third-order valence-electron chi connectivity index (χ3n) is 3.68. The largest absolute Gasteiger partial charge is 0.393 e. The van der Waals surface area contributed by atoms with Crippen LogP contribution in [0, 0.1) is 5.92 Å². The van der Waals surface area contributed by atoms with Gasteiger partial charge < -0.3 is 10.6 Å². The molecule has 2 N–H and O–H groups in total. The molecule has 0 bridgehead atoms. The first-order valence-electron chi connectivity index (χ1n) is 6.72. The molecule has 0 aromatic heterocycles. The van der Waals surface area contributed by atoms with Crippen molar-refractivity contribution in [3.63, 3.8) is 0 Å². The third-order valence-corrected chi connectivity index (χ3v) is 3.99. The molecule has 1 unspecified atom stereocenters. The second-order valence-corrected chi connectivity index (χ2v) is 5.52. The zero-order chi connectivity index (χ0) is 14.8. The molecule has 1 aliphatic rings. The molecule has 1 aromatic carbocycles. The number of para-hydroxylation sites is 1. The highest BCUT2D eigenvalue weighted by Crippen LogP contribution is 2.38. The van der Waals surface area contributed by atoms with Gasteiger partial charge in [-0.05, 0) is 37.4 Å². The molecule has 0 spiro atoms. The normalized spacial score (nSPS) is 20.2. The van der Waals surface area contributed by atoms with E-state index in [4.69, 9.17) is 17.3 Å². The maximum absolute atomic E-state index is 12.9. The van der Waals surface area contributed by atoms with Gasteiger partial charge in [-0.1, -0.05) is 23.7 Å². The molecule has 1 heterocycles. The summed E-state index contributed by atoms with van der Waals surface area (Å²) in [7, 11) is 0. The number of nitrogens with zero attached hydrogens (tertiary/aromatic N) is 1. The van der Waals surface area contributed by atoms with E-state index in [2.05, 4.69) is 0 Å². The van der Waals surface area contributed by atoms with Gasteiger partial charge in [0.05, 0.1) is 16.6 Å². The number of anilines is 1. The first kappa shape index (κ1) is 15.4. The lowest BCUT2D eigenvalue weighted by Gasteiger charge is -2.36. The Kier molecular flexibility index (Phi) is 4.81. The average molecular weight is 307 g/mol. The number of alkyl halides is 3. The summed E-state index contributed by atoms with van der Waals surface area (Å²) in [6, 6.07) is 5.40. The van der Waals surface area contributed by atoms with Gasteiger partial charge >= 0.3 is 6.18 Å². The molecule has 1 aromatic rings. The molecule has 0 amide bonds. The van der Waals surface area contributed by atoms with Crippen LogP contribution in [-0.2, 0) is 6.42 Å². The second kappa shape index (κ2) is 6.22. The molecule has 1 atom stereocenters. The molecule has 2 rings (SSSR count). The van der Waals surface area contributed by atoms with E-state index in [0.717, 1.165) is 5.56 Å². The summed E-state index contributed by atoms with van der Waals surface area (Å²) in [6.07, 6.45) is -2.81. The Morgan fingerprint density at radius 2 is 2.10 bits per heavy atom. The molecule has 0 aliphatic carbocycles. The smallest absolute Gasteiger partial charge is 0.369 e. The first-order valence-corrected chi connectivity index (χ1v) is 7.10. The Hall–Kier alpha value is -0.940. The predicted molar refractivity (Wildman–Crippen MR) is 75.2 cm³/mol. The molecule has 6 heteroatoms. The van der Waals surface area contributed by atoms with Crippen molar-refractivity contribution in [3.8, 4) is 0 Å². The first-order chi connectivity index (χ1) is 9.43. The lowest BCUT2D eigenvalue weighted by atomic mass is 9.96. The molecule has 112 valence electrons. The van der Waals surface area contributed by atoms with Crippen LogP contribution >= 0.6 is 11.6 Å². The van der Waals surface area contributed by atoms with Crippen LogP contribution in [0.1, 0.15) is 18.4 Å². The van der Waals surface area contributed by atoms with E-state index in [0.29, 0.717) is 36.6 Å². The van der Waals surface area contributed by atoms with E-state index in [9.17, 15) is 13.2 Å². The van der Waals surface area contributed by atoms with Crippen molar-refractivity contribution in [2.45, 2.75) is 25.4 Å². The zero-order valence-corrected chi connectivity index (χ0v) is 11.8. The number of piperidine rings is 1. The van der Waals surface area contributed by atoms with E-state index in [-0.39, 0.29) is 13.0 Å². The number of hydrogen-bond donors (Lipinski definition) is 1. The predicted octanol–water partition coefficient (Wildman–Crippen LogP) is 3.62. The van der Waals surface area contributed by atoms with Crippen molar-refractivity contribution in [2.24, 2.45) is 11.7 Å². The second-order valence-electron chi connectivity index (χ2n) is 5.11. The number of benzene rings is 1. The van der Waals surface area contributed by atoms with Crippen LogP contribution in [0.2, 0.25) is 5.02 Å². The average Bonchev–Trinajstić information content (AvgIpc) is 2.38. The van der Waals surface area contributed by atoms with Crippen LogP contribution in [0.25, 0.3) is 0 Å². The number of hydrogen-bond acceptors (Lipinski definition) is 2. The minimum absolute atomic E-state index is 0.0230. The molecular formula is C14H18ClF3N2. The molecule has 0 saturated carbocycles. The van der Waals surface area contributed by atoms with Crippen molar-refractivity contribution in [1.29, 1.82) is 0 Å². The fraction of sp³-hybridized carbons (Fsp3) is 0.571. The van der Waals surface area contributed by atoms with Gasteiger partial charge in [-0.25, -0.2) is 0 Å².